The van der Waals surface area contributed by atoms with Gasteiger partial charge in [0.05, 0.1) is 18.3 Å². The molecule has 282 valence electrons. The molecule has 0 aromatic heterocycles. The average Bonchev–Trinajstić information content (AvgIpc) is 3.05. The lowest BCUT2D eigenvalue weighted by Gasteiger charge is -2.53. The maximum Gasteiger partial charge on any atom is 0.305 e. The lowest BCUT2D eigenvalue weighted by Crippen LogP contribution is -2.52. The van der Waals surface area contributed by atoms with Crippen LogP contribution in [0.3, 0.4) is 0 Å². The number of carbonyl (C=O) groups is 2. The van der Waals surface area contributed by atoms with Gasteiger partial charge in [-0.05, 0) is 123 Å². The molecule has 0 bridgehead atoms. The highest BCUT2D eigenvalue weighted by Crippen LogP contribution is 2.55. The predicted octanol–water partition coefficient (Wildman–Crippen LogP) is 11.9. The molecule has 0 amide bonds. The zero-order chi connectivity index (χ0) is 36.7. The van der Waals surface area contributed by atoms with Crippen LogP contribution in [0.2, 0.25) is 0 Å². The standard InChI is InChI=1S/C44H76O5/c1-9-10-11-12-13-14-15-16-17-18-19-27-42(47)49-33-22-26-40-39(38(6)34-45)30-32-44(8,48)43(40,7)31-21-25-37(5)41(46)29-28-36(4)24-20-23-35(2)3/h23,25,28,34,40-41,46,48H,9-22,24,26-27,29-33H2,1-8H3/t40-,41-,43+,44+/m1/s1. The van der Waals surface area contributed by atoms with Crippen LogP contribution in [0, 0.1) is 11.3 Å². The summed E-state index contributed by atoms with van der Waals surface area (Å²) >= 11 is 0. The van der Waals surface area contributed by atoms with Crippen LogP contribution >= 0.6 is 0 Å². The maximum absolute atomic E-state index is 12.5. The summed E-state index contributed by atoms with van der Waals surface area (Å²) in [5.74, 6) is -0.108. The normalized spacial score (nSPS) is 23.3. The monoisotopic (exact) mass is 685 g/mol. The summed E-state index contributed by atoms with van der Waals surface area (Å²) < 4.78 is 5.65. The third kappa shape index (κ3) is 17.7. The molecule has 0 aliphatic heterocycles. The molecule has 0 saturated heterocycles. The first kappa shape index (κ1) is 45.0. The quantitative estimate of drug-likeness (QED) is 0.0311. The van der Waals surface area contributed by atoms with Gasteiger partial charge >= 0.3 is 5.97 Å². The van der Waals surface area contributed by atoms with E-state index in [9.17, 15) is 19.8 Å². The third-order valence-electron chi connectivity index (χ3n) is 11.3. The van der Waals surface area contributed by atoms with Gasteiger partial charge in [0.15, 0.2) is 0 Å². The van der Waals surface area contributed by atoms with E-state index in [1.165, 1.54) is 68.9 Å². The van der Waals surface area contributed by atoms with E-state index in [1.807, 2.05) is 20.8 Å². The summed E-state index contributed by atoms with van der Waals surface area (Å²) in [5, 5.41) is 22.6. The molecule has 0 aromatic rings. The van der Waals surface area contributed by atoms with Crippen molar-refractivity contribution in [2.24, 2.45) is 11.3 Å². The minimum atomic E-state index is -0.901. The summed E-state index contributed by atoms with van der Waals surface area (Å²) in [6, 6.07) is 0. The second-order valence-corrected chi connectivity index (χ2v) is 15.8. The molecule has 49 heavy (non-hydrogen) atoms. The maximum atomic E-state index is 12.5. The van der Waals surface area contributed by atoms with Crippen LogP contribution in [0.15, 0.2) is 46.1 Å². The highest BCUT2D eigenvalue weighted by molar-refractivity contribution is 5.74. The van der Waals surface area contributed by atoms with Crippen LogP contribution in [-0.2, 0) is 14.3 Å². The van der Waals surface area contributed by atoms with Crippen molar-refractivity contribution in [3.8, 4) is 0 Å². The van der Waals surface area contributed by atoms with Gasteiger partial charge in [0.25, 0.3) is 0 Å². The molecule has 1 aliphatic carbocycles. The third-order valence-corrected chi connectivity index (χ3v) is 11.3. The first-order chi connectivity index (χ1) is 23.3. The van der Waals surface area contributed by atoms with Gasteiger partial charge in [0.1, 0.15) is 6.29 Å². The molecular formula is C44H76O5. The van der Waals surface area contributed by atoms with Crippen molar-refractivity contribution in [1.82, 2.24) is 0 Å². The minimum absolute atomic E-state index is 0.0109. The van der Waals surface area contributed by atoms with Crippen LogP contribution in [0.1, 0.15) is 190 Å². The van der Waals surface area contributed by atoms with Gasteiger partial charge in [-0.25, -0.2) is 0 Å². The van der Waals surface area contributed by atoms with E-state index >= 15 is 0 Å². The van der Waals surface area contributed by atoms with Crippen LogP contribution in [0.25, 0.3) is 0 Å². The first-order valence-electron chi connectivity index (χ1n) is 20.0. The Hall–Kier alpha value is -1.98. The van der Waals surface area contributed by atoms with Gasteiger partial charge in [-0.3, -0.25) is 9.59 Å². The highest BCUT2D eigenvalue weighted by Gasteiger charge is 2.52. The number of carbonyl (C=O) groups excluding carboxylic acids is 2. The molecule has 4 atom stereocenters. The highest BCUT2D eigenvalue weighted by atomic mass is 16.5. The van der Waals surface area contributed by atoms with Gasteiger partial charge < -0.3 is 14.9 Å². The summed E-state index contributed by atoms with van der Waals surface area (Å²) in [5.41, 5.74) is 4.10. The van der Waals surface area contributed by atoms with Gasteiger partial charge in [-0.1, -0.05) is 113 Å². The second kappa shape index (κ2) is 25.1. The van der Waals surface area contributed by atoms with Crippen molar-refractivity contribution < 1.29 is 24.5 Å². The fourth-order valence-electron chi connectivity index (χ4n) is 7.49. The van der Waals surface area contributed by atoms with Crippen molar-refractivity contribution in [3.05, 3.63) is 46.1 Å². The van der Waals surface area contributed by atoms with Gasteiger partial charge in [-0.2, -0.15) is 0 Å². The Bertz CT molecular complexity index is 1070. The van der Waals surface area contributed by atoms with Gasteiger partial charge in [-0.15, -0.1) is 0 Å². The number of unbranched alkanes of at least 4 members (excludes halogenated alkanes) is 10. The summed E-state index contributed by atoms with van der Waals surface area (Å²) in [6.45, 7) is 17.0. The van der Waals surface area contributed by atoms with Crippen molar-refractivity contribution in [3.63, 3.8) is 0 Å². The van der Waals surface area contributed by atoms with Crippen LogP contribution in [-0.4, -0.2) is 40.8 Å². The number of hydrogen-bond donors (Lipinski definition) is 2. The largest absolute Gasteiger partial charge is 0.466 e. The Morgan fingerprint density at radius 1 is 0.857 bits per heavy atom. The van der Waals surface area contributed by atoms with E-state index in [1.54, 1.807) is 0 Å². The summed E-state index contributed by atoms with van der Waals surface area (Å²) in [4.78, 5) is 24.4. The van der Waals surface area contributed by atoms with E-state index < -0.39 is 17.1 Å². The zero-order valence-corrected chi connectivity index (χ0v) is 33.1. The number of allylic oxidation sites excluding steroid dienone is 6. The molecule has 1 rings (SSSR count). The number of ether oxygens (including phenoxy) is 1. The van der Waals surface area contributed by atoms with E-state index in [4.69, 9.17) is 4.74 Å². The molecule has 1 saturated carbocycles. The number of esters is 1. The first-order valence-corrected chi connectivity index (χ1v) is 20.0. The number of rotatable bonds is 26. The lowest BCUT2D eigenvalue weighted by molar-refractivity contribution is -0.144. The Kier molecular flexibility index (Phi) is 23.0. The Balaban J connectivity index is 2.67. The number of hydrogen-bond acceptors (Lipinski definition) is 5. The fourth-order valence-corrected chi connectivity index (χ4v) is 7.49. The molecular weight excluding hydrogens is 608 g/mol. The van der Waals surface area contributed by atoms with Crippen molar-refractivity contribution in [1.29, 1.82) is 0 Å². The Morgan fingerprint density at radius 3 is 2.06 bits per heavy atom. The van der Waals surface area contributed by atoms with E-state index in [2.05, 4.69) is 52.8 Å². The SMILES string of the molecule is CCCCCCCCCCCCCC(=O)OCCC[C@@H]1C(=C(C)C=O)CC[C@](C)(O)[C@@]1(C)CCC=C(C)[C@H](O)CC=C(C)CCC=C(C)C. The zero-order valence-electron chi connectivity index (χ0n) is 33.1. The van der Waals surface area contributed by atoms with Gasteiger partial charge in [0, 0.05) is 11.8 Å². The smallest absolute Gasteiger partial charge is 0.305 e. The topological polar surface area (TPSA) is 83.8 Å². The fraction of sp³-hybridized carbons (Fsp3) is 0.773. The van der Waals surface area contributed by atoms with Crippen LogP contribution in [0.5, 0.6) is 0 Å². The number of aldehydes is 1. The van der Waals surface area contributed by atoms with E-state index in [0.717, 1.165) is 68.0 Å². The molecule has 1 fully saturated rings. The molecule has 2 N–H and O–H groups in total. The summed E-state index contributed by atoms with van der Waals surface area (Å²) in [6.07, 6.45) is 28.1. The number of aliphatic hydroxyl groups excluding tert-OH is 1. The van der Waals surface area contributed by atoms with Crippen molar-refractivity contribution >= 4 is 12.3 Å². The molecule has 5 nitrogen and oxygen atoms in total. The second-order valence-electron chi connectivity index (χ2n) is 15.8. The minimum Gasteiger partial charge on any atom is -0.466 e. The van der Waals surface area contributed by atoms with Crippen LogP contribution in [0.4, 0.5) is 0 Å². The molecule has 0 heterocycles. The average molecular weight is 685 g/mol. The molecule has 5 heteroatoms. The number of aliphatic hydroxyl groups is 2. The molecule has 1 aliphatic rings. The Morgan fingerprint density at radius 2 is 1.47 bits per heavy atom. The van der Waals surface area contributed by atoms with E-state index in [0.29, 0.717) is 38.7 Å². The van der Waals surface area contributed by atoms with Crippen molar-refractivity contribution in [2.75, 3.05) is 6.61 Å². The predicted molar refractivity (Wildman–Crippen MR) is 208 cm³/mol. The lowest BCUT2D eigenvalue weighted by atomic mass is 9.54. The Labute approximate surface area is 302 Å². The molecule has 0 radical (unpaired) electrons. The van der Waals surface area contributed by atoms with Crippen LogP contribution < -0.4 is 0 Å². The van der Waals surface area contributed by atoms with Crippen molar-refractivity contribution in [2.45, 2.75) is 202 Å². The van der Waals surface area contributed by atoms with Gasteiger partial charge in [0.2, 0.25) is 0 Å². The summed E-state index contributed by atoms with van der Waals surface area (Å²) in [7, 11) is 0. The molecule has 0 spiro atoms. The molecule has 0 aromatic carbocycles. The van der Waals surface area contributed by atoms with E-state index in [-0.39, 0.29) is 11.9 Å². The molecule has 0 unspecified atom stereocenters.